The van der Waals surface area contributed by atoms with Crippen molar-refractivity contribution in [2.24, 2.45) is 0 Å². The van der Waals surface area contributed by atoms with Crippen molar-refractivity contribution in [1.82, 2.24) is 9.80 Å². The summed E-state index contributed by atoms with van der Waals surface area (Å²) in [6.45, 7) is 13.7. The largest absolute Gasteiger partial charge is 0.324 e. The standard InChI is InChI=1S/C27H38N4O2/c1-6-19(2)23-12-7-8-13-24(23)28-27(33)22(5)31-16-14-30(15-17-31)18-25(32)29-26-20(3)10-9-11-21(26)4/h7-13,19,22H,6,14-18H2,1-5H3,(H,28,33)(H,29,32). The van der Waals surface area contributed by atoms with Gasteiger partial charge in [-0.1, -0.05) is 50.2 Å². The molecule has 0 aromatic heterocycles. The number of carbonyl (C=O) groups is 2. The van der Waals surface area contributed by atoms with E-state index in [1.807, 2.05) is 57.2 Å². The number of nitrogens with zero attached hydrogens (tertiary/aromatic N) is 2. The van der Waals surface area contributed by atoms with E-state index in [2.05, 4.69) is 40.3 Å². The Bertz CT molecular complexity index is 946. The Morgan fingerprint density at radius 2 is 1.55 bits per heavy atom. The van der Waals surface area contributed by atoms with Crippen molar-refractivity contribution in [3.05, 3.63) is 59.2 Å². The highest BCUT2D eigenvalue weighted by Crippen LogP contribution is 2.27. The number of carbonyl (C=O) groups excluding carboxylic acids is 2. The number of anilines is 2. The van der Waals surface area contributed by atoms with E-state index in [9.17, 15) is 9.59 Å². The fourth-order valence-electron chi connectivity index (χ4n) is 4.37. The molecular formula is C27H38N4O2. The van der Waals surface area contributed by atoms with Gasteiger partial charge in [-0.2, -0.15) is 0 Å². The number of rotatable bonds is 8. The monoisotopic (exact) mass is 450 g/mol. The van der Waals surface area contributed by atoms with Gasteiger partial charge in [0.25, 0.3) is 0 Å². The van der Waals surface area contributed by atoms with Crippen LogP contribution in [0.4, 0.5) is 11.4 Å². The average molecular weight is 451 g/mol. The highest BCUT2D eigenvalue weighted by Gasteiger charge is 2.27. The molecule has 1 fully saturated rings. The van der Waals surface area contributed by atoms with Gasteiger partial charge in [0.2, 0.25) is 11.8 Å². The molecule has 0 bridgehead atoms. The number of amides is 2. The van der Waals surface area contributed by atoms with Crippen molar-refractivity contribution in [1.29, 1.82) is 0 Å². The van der Waals surface area contributed by atoms with E-state index in [1.165, 1.54) is 5.56 Å². The van der Waals surface area contributed by atoms with Crippen molar-refractivity contribution in [2.75, 3.05) is 43.4 Å². The molecule has 0 aliphatic carbocycles. The SMILES string of the molecule is CCC(C)c1ccccc1NC(=O)C(C)N1CCN(CC(=O)Nc2c(C)cccc2C)CC1. The van der Waals surface area contributed by atoms with E-state index in [1.54, 1.807) is 0 Å². The fourth-order valence-corrected chi connectivity index (χ4v) is 4.37. The summed E-state index contributed by atoms with van der Waals surface area (Å²) < 4.78 is 0. The lowest BCUT2D eigenvalue weighted by atomic mass is 9.97. The first-order valence-corrected chi connectivity index (χ1v) is 12.0. The van der Waals surface area contributed by atoms with Crippen LogP contribution in [-0.2, 0) is 9.59 Å². The van der Waals surface area contributed by atoms with Crippen LogP contribution in [0.2, 0.25) is 0 Å². The van der Waals surface area contributed by atoms with Crippen LogP contribution < -0.4 is 10.6 Å². The number of para-hydroxylation sites is 2. The minimum absolute atomic E-state index is 0.00768. The Labute approximate surface area is 198 Å². The van der Waals surface area contributed by atoms with Crippen LogP contribution in [0.3, 0.4) is 0 Å². The molecule has 2 aromatic carbocycles. The molecule has 1 aliphatic heterocycles. The van der Waals surface area contributed by atoms with E-state index in [-0.39, 0.29) is 17.9 Å². The Balaban J connectivity index is 1.50. The third-order valence-corrected chi connectivity index (χ3v) is 6.81. The van der Waals surface area contributed by atoms with Crippen LogP contribution in [0.5, 0.6) is 0 Å². The zero-order valence-electron chi connectivity index (χ0n) is 20.6. The average Bonchev–Trinajstić information content (AvgIpc) is 2.81. The summed E-state index contributed by atoms with van der Waals surface area (Å²) in [6, 6.07) is 13.9. The Morgan fingerprint density at radius 1 is 0.909 bits per heavy atom. The third-order valence-electron chi connectivity index (χ3n) is 6.81. The summed E-state index contributed by atoms with van der Waals surface area (Å²) >= 11 is 0. The maximum absolute atomic E-state index is 13.0. The quantitative estimate of drug-likeness (QED) is 0.626. The zero-order valence-corrected chi connectivity index (χ0v) is 20.6. The molecule has 1 heterocycles. The normalized spacial score (nSPS) is 16.8. The van der Waals surface area contributed by atoms with Gasteiger partial charge in [-0.25, -0.2) is 0 Å². The maximum atomic E-state index is 13.0. The van der Waals surface area contributed by atoms with Crippen molar-refractivity contribution in [3.63, 3.8) is 0 Å². The Morgan fingerprint density at radius 3 is 2.18 bits per heavy atom. The second-order valence-corrected chi connectivity index (χ2v) is 9.19. The molecule has 33 heavy (non-hydrogen) atoms. The lowest BCUT2D eigenvalue weighted by Gasteiger charge is -2.37. The summed E-state index contributed by atoms with van der Waals surface area (Å²) in [6.07, 6.45) is 1.03. The molecule has 3 rings (SSSR count). The molecule has 2 aromatic rings. The van der Waals surface area contributed by atoms with E-state index < -0.39 is 0 Å². The summed E-state index contributed by atoms with van der Waals surface area (Å²) in [7, 11) is 0. The van der Waals surface area contributed by atoms with Crippen LogP contribution >= 0.6 is 0 Å². The van der Waals surface area contributed by atoms with Crippen molar-refractivity contribution < 1.29 is 9.59 Å². The van der Waals surface area contributed by atoms with Gasteiger partial charge < -0.3 is 10.6 Å². The molecule has 2 N–H and O–H groups in total. The minimum atomic E-state index is -0.222. The van der Waals surface area contributed by atoms with E-state index in [4.69, 9.17) is 0 Å². The third kappa shape index (κ3) is 6.42. The summed E-state index contributed by atoms with van der Waals surface area (Å²) in [5.74, 6) is 0.426. The van der Waals surface area contributed by atoms with Gasteiger partial charge in [0.1, 0.15) is 0 Å². The number of piperazine rings is 1. The van der Waals surface area contributed by atoms with Crippen LogP contribution in [0, 0.1) is 13.8 Å². The van der Waals surface area contributed by atoms with Crippen LogP contribution in [0.25, 0.3) is 0 Å². The highest BCUT2D eigenvalue weighted by atomic mass is 16.2. The van der Waals surface area contributed by atoms with E-state index >= 15 is 0 Å². The zero-order chi connectivity index (χ0) is 24.0. The fraction of sp³-hybridized carbons (Fsp3) is 0.481. The molecule has 0 radical (unpaired) electrons. The van der Waals surface area contributed by atoms with Crippen LogP contribution in [0.1, 0.15) is 49.8 Å². The minimum Gasteiger partial charge on any atom is -0.324 e. The number of aryl methyl sites for hydroxylation is 2. The lowest BCUT2D eigenvalue weighted by Crippen LogP contribution is -2.53. The summed E-state index contributed by atoms with van der Waals surface area (Å²) in [5.41, 5.74) is 5.14. The van der Waals surface area contributed by atoms with Crippen molar-refractivity contribution in [2.45, 2.75) is 53.0 Å². The second-order valence-electron chi connectivity index (χ2n) is 9.19. The van der Waals surface area contributed by atoms with Crippen LogP contribution in [0.15, 0.2) is 42.5 Å². The number of nitrogens with one attached hydrogen (secondary N) is 2. The van der Waals surface area contributed by atoms with Gasteiger partial charge in [-0.15, -0.1) is 0 Å². The van der Waals surface area contributed by atoms with E-state index in [0.29, 0.717) is 12.5 Å². The molecule has 1 aliphatic rings. The maximum Gasteiger partial charge on any atom is 0.241 e. The topological polar surface area (TPSA) is 64.7 Å². The molecular weight excluding hydrogens is 412 g/mol. The van der Waals surface area contributed by atoms with Gasteiger partial charge >= 0.3 is 0 Å². The van der Waals surface area contributed by atoms with Gasteiger partial charge in [0.15, 0.2) is 0 Å². The Kier molecular flexibility index (Phi) is 8.64. The van der Waals surface area contributed by atoms with Crippen LogP contribution in [-0.4, -0.2) is 60.4 Å². The number of hydrogen-bond acceptors (Lipinski definition) is 4. The molecule has 1 saturated heterocycles. The first kappa shape index (κ1) is 24.9. The molecule has 2 atom stereocenters. The predicted molar refractivity (Wildman–Crippen MR) is 136 cm³/mol. The van der Waals surface area contributed by atoms with Gasteiger partial charge in [-0.3, -0.25) is 19.4 Å². The molecule has 2 amide bonds. The second kappa shape index (κ2) is 11.4. The van der Waals surface area contributed by atoms with Crippen molar-refractivity contribution >= 4 is 23.2 Å². The highest BCUT2D eigenvalue weighted by molar-refractivity contribution is 5.95. The van der Waals surface area contributed by atoms with E-state index in [0.717, 1.165) is 55.1 Å². The molecule has 6 heteroatoms. The molecule has 6 nitrogen and oxygen atoms in total. The smallest absolute Gasteiger partial charge is 0.241 e. The summed E-state index contributed by atoms with van der Waals surface area (Å²) in [5, 5.41) is 6.21. The summed E-state index contributed by atoms with van der Waals surface area (Å²) in [4.78, 5) is 29.9. The molecule has 0 spiro atoms. The predicted octanol–water partition coefficient (Wildman–Crippen LogP) is 4.40. The number of benzene rings is 2. The molecule has 178 valence electrons. The number of hydrogen-bond donors (Lipinski definition) is 2. The van der Waals surface area contributed by atoms with Gasteiger partial charge in [0.05, 0.1) is 12.6 Å². The van der Waals surface area contributed by atoms with Gasteiger partial charge in [-0.05, 0) is 55.9 Å². The Hall–Kier alpha value is -2.70. The lowest BCUT2D eigenvalue weighted by molar-refractivity contribution is -0.122. The first-order chi connectivity index (χ1) is 15.8. The van der Waals surface area contributed by atoms with Gasteiger partial charge in [0, 0.05) is 37.6 Å². The molecule has 2 unspecified atom stereocenters. The molecule has 0 saturated carbocycles. The van der Waals surface area contributed by atoms with Crippen molar-refractivity contribution in [3.8, 4) is 0 Å². The first-order valence-electron chi connectivity index (χ1n) is 12.0.